The maximum absolute atomic E-state index is 5.60. The number of fused-ring (bicyclic) bond motifs is 1. The van der Waals surface area contributed by atoms with Crippen LogP contribution in [0.2, 0.25) is 0 Å². The number of hydrogen-bond acceptors (Lipinski definition) is 3. The van der Waals surface area contributed by atoms with E-state index in [1.165, 1.54) is 36.9 Å². The van der Waals surface area contributed by atoms with Gasteiger partial charge in [-0.1, -0.05) is 13.0 Å². The van der Waals surface area contributed by atoms with Gasteiger partial charge in [0.15, 0.2) is 0 Å². The topological polar surface area (TPSA) is 34.1 Å². The molecule has 3 rings (SSSR count). The first-order valence-corrected chi connectivity index (χ1v) is 7.65. The first-order valence-electron chi connectivity index (χ1n) is 7.65. The Balaban J connectivity index is 1.86. The van der Waals surface area contributed by atoms with Gasteiger partial charge >= 0.3 is 0 Å². The van der Waals surface area contributed by atoms with E-state index < -0.39 is 0 Å². The molecule has 104 valence electrons. The van der Waals surface area contributed by atoms with Gasteiger partial charge in [-0.15, -0.1) is 0 Å². The van der Waals surface area contributed by atoms with E-state index >= 15 is 0 Å². The molecule has 0 bridgehead atoms. The van der Waals surface area contributed by atoms with Gasteiger partial charge in [0.1, 0.15) is 0 Å². The van der Waals surface area contributed by atoms with Gasteiger partial charge in [-0.2, -0.15) is 0 Å². The van der Waals surface area contributed by atoms with Crippen molar-refractivity contribution in [3.05, 3.63) is 29.6 Å². The number of nitrogens with zero attached hydrogens (tertiary/aromatic N) is 1. The third-order valence-electron chi connectivity index (χ3n) is 4.58. The van der Waals surface area contributed by atoms with E-state index in [9.17, 15) is 0 Å². The van der Waals surface area contributed by atoms with Gasteiger partial charge in [-0.3, -0.25) is 4.98 Å². The molecule has 2 heterocycles. The van der Waals surface area contributed by atoms with Crippen LogP contribution in [0.15, 0.2) is 18.3 Å². The summed E-state index contributed by atoms with van der Waals surface area (Å²) < 4.78 is 5.60. The van der Waals surface area contributed by atoms with E-state index in [1.807, 2.05) is 6.20 Å². The van der Waals surface area contributed by atoms with Crippen LogP contribution in [0.3, 0.4) is 0 Å². The van der Waals surface area contributed by atoms with Crippen molar-refractivity contribution in [3.63, 3.8) is 0 Å². The first-order chi connectivity index (χ1) is 9.40. The minimum absolute atomic E-state index is 0.529. The highest BCUT2D eigenvalue weighted by molar-refractivity contribution is 5.27. The molecular formula is C16H24N2O. The van der Waals surface area contributed by atoms with Crippen molar-refractivity contribution >= 4 is 0 Å². The molecule has 1 aromatic rings. The van der Waals surface area contributed by atoms with Crippen LogP contribution >= 0.6 is 0 Å². The van der Waals surface area contributed by atoms with Crippen LogP contribution < -0.4 is 5.32 Å². The normalized spacial score (nSPS) is 28.1. The van der Waals surface area contributed by atoms with E-state index in [0.717, 1.165) is 19.8 Å². The number of aromatic nitrogens is 1. The molecule has 1 aliphatic heterocycles. The Morgan fingerprint density at radius 3 is 3.21 bits per heavy atom. The van der Waals surface area contributed by atoms with E-state index in [0.29, 0.717) is 17.9 Å². The number of ether oxygens (including phenoxy) is 1. The van der Waals surface area contributed by atoms with Gasteiger partial charge < -0.3 is 10.1 Å². The summed E-state index contributed by atoms with van der Waals surface area (Å²) in [5.74, 6) is 1.22. The fraction of sp³-hybridized carbons (Fsp3) is 0.688. The molecule has 3 atom stereocenters. The molecule has 3 heteroatoms. The van der Waals surface area contributed by atoms with Crippen LogP contribution in [0.5, 0.6) is 0 Å². The monoisotopic (exact) mass is 260 g/mol. The average Bonchev–Trinajstić information content (AvgIpc) is 2.98. The summed E-state index contributed by atoms with van der Waals surface area (Å²) in [4.78, 5) is 4.69. The van der Waals surface area contributed by atoms with Crippen molar-refractivity contribution in [1.29, 1.82) is 0 Å². The fourth-order valence-corrected chi connectivity index (χ4v) is 3.70. The van der Waals surface area contributed by atoms with E-state index in [-0.39, 0.29) is 0 Å². The van der Waals surface area contributed by atoms with Gasteiger partial charge in [0.05, 0.1) is 6.61 Å². The van der Waals surface area contributed by atoms with Gasteiger partial charge in [0.2, 0.25) is 0 Å². The number of rotatable bonds is 4. The molecule has 1 saturated heterocycles. The lowest BCUT2D eigenvalue weighted by molar-refractivity contribution is 0.170. The van der Waals surface area contributed by atoms with Crippen LogP contribution in [-0.4, -0.2) is 30.8 Å². The first kappa shape index (κ1) is 13.1. The molecule has 3 unspecified atom stereocenters. The largest absolute Gasteiger partial charge is 0.381 e. The molecular weight excluding hydrogens is 236 g/mol. The van der Waals surface area contributed by atoms with Gasteiger partial charge in [-0.05, 0) is 43.9 Å². The number of hydrogen-bond donors (Lipinski definition) is 1. The number of pyridine rings is 1. The number of likely N-dealkylation sites (N-methyl/N-ethyl adjacent to an activating group) is 1. The average molecular weight is 260 g/mol. The summed E-state index contributed by atoms with van der Waals surface area (Å²) in [6.45, 7) is 5.06. The third-order valence-corrected chi connectivity index (χ3v) is 4.58. The van der Waals surface area contributed by atoms with Crippen molar-refractivity contribution in [3.8, 4) is 0 Å². The predicted molar refractivity (Wildman–Crippen MR) is 76.3 cm³/mol. The molecule has 0 amide bonds. The summed E-state index contributed by atoms with van der Waals surface area (Å²) >= 11 is 0. The summed E-state index contributed by atoms with van der Waals surface area (Å²) in [5.41, 5.74) is 2.80. The molecule has 0 aromatic carbocycles. The quantitative estimate of drug-likeness (QED) is 0.903. The molecule has 0 radical (unpaired) electrons. The second-order valence-corrected chi connectivity index (χ2v) is 5.75. The second-order valence-electron chi connectivity index (χ2n) is 5.75. The van der Waals surface area contributed by atoms with Crippen molar-refractivity contribution < 1.29 is 4.74 Å². The summed E-state index contributed by atoms with van der Waals surface area (Å²) in [6.07, 6.45) is 6.89. The standard InChI is InChI=1S/C16H24N2O/c1-2-17-16(13-8-10-19-11-13)14-7-3-5-12-6-4-9-18-15(12)14/h4,6,9,13-14,16-17H,2-3,5,7-8,10-11H2,1H3. The lowest BCUT2D eigenvalue weighted by atomic mass is 9.77. The SMILES string of the molecule is CCNC(C1CCOC1)C1CCCc2cccnc21. The Morgan fingerprint density at radius 1 is 1.47 bits per heavy atom. The van der Waals surface area contributed by atoms with Crippen molar-refractivity contribution in [2.24, 2.45) is 5.92 Å². The Kier molecular flexibility index (Phi) is 4.14. The van der Waals surface area contributed by atoms with Gasteiger partial charge in [-0.25, -0.2) is 0 Å². The molecule has 2 aliphatic rings. The summed E-state index contributed by atoms with van der Waals surface area (Å²) in [6, 6.07) is 4.85. The van der Waals surface area contributed by atoms with Gasteiger partial charge in [0, 0.05) is 36.4 Å². The molecule has 1 aliphatic carbocycles. The number of aryl methyl sites for hydroxylation is 1. The van der Waals surface area contributed by atoms with Crippen LogP contribution in [0.1, 0.15) is 43.4 Å². The summed E-state index contributed by atoms with van der Waals surface area (Å²) in [5, 5.41) is 3.72. The maximum atomic E-state index is 5.60. The molecule has 1 N–H and O–H groups in total. The molecule has 1 fully saturated rings. The Hall–Kier alpha value is -0.930. The van der Waals surface area contributed by atoms with Crippen LogP contribution in [0, 0.1) is 5.92 Å². The number of nitrogens with one attached hydrogen (secondary N) is 1. The van der Waals surface area contributed by atoms with E-state index in [4.69, 9.17) is 9.72 Å². The lowest BCUT2D eigenvalue weighted by Crippen LogP contribution is -2.43. The van der Waals surface area contributed by atoms with Crippen LogP contribution in [0.25, 0.3) is 0 Å². The smallest absolute Gasteiger partial charge is 0.0510 e. The zero-order valence-corrected chi connectivity index (χ0v) is 11.8. The zero-order valence-electron chi connectivity index (χ0n) is 11.8. The van der Waals surface area contributed by atoms with Crippen molar-refractivity contribution in [2.45, 2.75) is 44.6 Å². The molecule has 3 nitrogen and oxygen atoms in total. The Bertz CT molecular complexity index is 415. The lowest BCUT2D eigenvalue weighted by Gasteiger charge is -2.35. The highest BCUT2D eigenvalue weighted by Crippen LogP contribution is 2.36. The fourth-order valence-electron chi connectivity index (χ4n) is 3.70. The molecule has 19 heavy (non-hydrogen) atoms. The van der Waals surface area contributed by atoms with E-state index in [1.54, 1.807) is 0 Å². The van der Waals surface area contributed by atoms with E-state index in [2.05, 4.69) is 24.4 Å². The van der Waals surface area contributed by atoms with Gasteiger partial charge in [0.25, 0.3) is 0 Å². The second kappa shape index (κ2) is 6.02. The minimum atomic E-state index is 0.529. The summed E-state index contributed by atoms with van der Waals surface area (Å²) in [7, 11) is 0. The molecule has 1 aromatic heterocycles. The highest BCUT2D eigenvalue weighted by Gasteiger charge is 2.35. The Labute approximate surface area is 115 Å². The van der Waals surface area contributed by atoms with Crippen molar-refractivity contribution in [1.82, 2.24) is 10.3 Å². The maximum Gasteiger partial charge on any atom is 0.0510 e. The van der Waals surface area contributed by atoms with Crippen LogP contribution in [0.4, 0.5) is 0 Å². The predicted octanol–water partition coefficient (Wildman–Crippen LogP) is 2.52. The molecule has 0 spiro atoms. The highest BCUT2D eigenvalue weighted by atomic mass is 16.5. The van der Waals surface area contributed by atoms with Crippen LogP contribution in [-0.2, 0) is 11.2 Å². The molecule has 0 saturated carbocycles. The van der Waals surface area contributed by atoms with Crippen molar-refractivity contribution in [2.75, 3.05) is 19.8 Å². The Morgan fingerprint density at radius 2 is 2.42 bits per heavy atom. The zero-order chi connectivity index (χ0) is 13.1. The minimum Gasteiger partial charge on any atom is -0.381 e. The third kappa shape index (κ3) is 2.67.